The Labute approximate surface area is 191 Å². The maximum Gasteiger partial charge on any atom is 0.319 e. The Morgan fingerprint density at radius 2 is 1.70 bits per heavy atom. The van der Waals surface area contributed by atoms with Crippen LogP contribution in [0, 0.1) is 19.7 Å². The van der Waals surface area contributed by atoms with Gasteiger partial charge in [-0.25, -0.2) is 9.18 Å². The monoisotopic (exact) mass is 450 g/mol. The number of urea groups is 1. The molecule has 8 heteroatoms. The Bertz CT molecular complexity index is 1130. The average molecular weight is 451 g/mol. The van der Waals surface area contributed by atoms with Gasteiger partial charge in [-0.15, -0.1) is 0 Å². The first kappa shape index (κ1) is 22.5. The van der Waals surface area contributed by atoms with Crippen LogP contribution in [0.4, 0.5) is 20.6 Å². The van der Waals surface area contributed by atoms with Crippen LogP contribution in [0.3, 0.4) is 0 Å². The molecule has 0 saturated carbocycles. The minimum absolute atomic E-state index is 0.0818. The van der Waals surface area contributed by atoms with Crippen LogP contribution in [0.2, 0.25) is 0 Å². The van der Waals surface area contributed by atoms with Crippen molar-refractivity contribution in [3.8, 4) is 5.69 Å². The van der Waals surface area contributed by atoms with E-state index in [1.54, 1.807) is 36.4 Å². The lowest BCUT2D eigenvalue weighted by Gasteiger charge is -2.12. The van der Waals surface area contributed by atoms with E-state index in [-0.39, 0.29) is 23.9 Å². The molecule has 3 N–H and O–H groups in total. The zero-order valence-corrected chi connectivity index (χ0v) is 18.7. The van der Waals surface area contributed by atoms with E-state index in [1.165, 1.54) is 12.1 Å². The number of benzene rings is 2. The maximum absolute atomic E-state index is 13.3. The molecule has 2 heterocycles. The van der Waals surface area contributed by atoms with Crippen molar-refractivity contribution in [2.75, 3.05) is 23.8 Å². The predicted octanol–water partition coefficient (Wildman–Crippen LogP) is 4.79. The summed E-state index contributed by atoms with van der Waals surface area (Å²) in [6, 6.07) is 14.6. The summed E-state index contributed by atoms with van der Waals surface area (Å²) in [7, 11) is 0. The number of anilines is 2. The fourth-order valence-electron chi connectivity index (χ4n) is 4.00. The molecule has 3 aromatic rings. The molecule has 0 spiro atoms. The molecular weight excluding hydrogens is 423 g/mol. The molecule has 1 saturated heterocycles. The van der Waals surface area contributed by atoms with Crippen molar-refractivity contribution in [1.29, 1.82) is 0 Å². The SMILES string of the molecule is Cc1cc(C(=O)Nc2ccc(NC(=O)NCC3CCCO3)cc2)c(C)n1-c1ccc(F)cc1. The summed E-state index contributed by atoms with van der Waals surface area (Å²) >= 11 is 0. The Hall–Kier alpha value is -3.65. The molecule has 4 rings (SSSR count). The second-order valence-corrected chi connectivity index (χ2v) is 8.10. The van der Waals surface area contributed by atoms with Gasteiger partial charge in [-0.1, -0.05) is 0 Å². The second kappa shape index (κ2) is 9.87. The molecular formula is C25H27FN4O3. The zero-order chi connectivity index (χ0) is 23.4. The van der Waals surface area contributed by atoms with E-state index >= 15 is 0 Å². The smallest absolute Gasteiger partial charge is 0.319 e. The van der Waals surface area contributed by atoms with Gasteiger partial charge in [-0.2, -0.15) is 0 Å². The second-order valence-electron chi connectivity index (χ2n) is 8.10. The largest absolute Gasteiger partial charge is 0.376 e. The molecule has 1 unspecified atom stereocenters. The van der Waals surface area contributed by atoms with Gasteiger partial charge in [0.25, 0.3) is 5.91 Å². The number of amides is 3. The third kappa shape index (κ3) is 5.40. The summed E-state index contributed by atoms with van der Waals surface area (Å²) in [4.78, 5) is 24.9. The van der Waals surface area contributed by atoms with Gasteiger partial charge in [-0.05, 0) is 81.3 Å². The number of aromatic nitrogens is 1. The number of hydrogen-bond acceptors (Lipinski definition) is 3. The van der Waals surface area contributed by atoms with Gasteiger partial charge < -0.3 is 25.3 Å². The molecule has 0 radical (unpaired) electrons. The number of ether oxygens (including phenoxy) is 1. The summed E-state index contributed by atoms with van der Waals surface area (Å²) in [5.74, 6) is -0.552. The lowest BCUT2D eigenvalue weighted by atomic mass is 10.2. The first-order valence-corrected chi connectivity index (χ1v) is 10.9. The molecule has 1 atom stereocenters. The molecule has 0 bridgehead atoms. The van der Waals surface area contributed by atoms with E-state index in [2.05, 4.69) is 16.0 Å². The average Bonchev–Trinajstić information content (AvgIpc) is 3.42. The van der Waals surface area contributed by atoms with E-state index < -0.39 is 0 Å². The highest BCUT2D eigenvalue weighted by Gasteiger charge is 2.18. The lowest BCUT2D eigenvalue weighted by molar-refractivity contribution is 0.102. The van der Waals surface area contributed by atoms with Gasteiger partial charge in [0.2, 0.25) is 0 Å². The molecule has 1 fully saturated rings. The molecule has 172 valence electrons. The van der Waals surface area contributed by atoms with Crippen molar-refractivity contribution in [3.63, 3.8) is 0 Å². The summed E-state index contributed by atoms with van der Waals surface area (Å²) in [6.07, 6.45) is 2.07. The van der Waals surface area contributed by atoms with Gasteiger partial charge in [-0.3, -0.25) is 4.79 Å². The van der Waals surface area contributed by atoms with E-state index in [9.17, 15) is 14.0 Å². The highest BCUT2D eigenvalue weighted by Crippen LogP contribution is 2.23. The molecule has 1 aromatic heterocycles. The van der Waals surface area contributed by atoms with Crippen molar-refractivity contribution >= 4 is 23.3 Å². The van der Waals surface area contributed by atoms with Gasteiger partial charge in [0.1, 0.15) is 5.82 Å². The van der Waals surface area contributed by atoms with E-state index in [0.717, 1.165) is 36.5 Å². The van der Waals surface area contributed by atoms with Crippen molar-refractivity contribution in [2.45, 2.75) is 32.8 Å². The first-order valence-electron chi connectivity index (χ1n) is 10.9. The number of rotatable bonds is 6. The van der Waals surface area contributed by atoms with Gasteiger partial charge in [0.05, 0.1) is 11.7 Å². The van der Waals surface area contributed by atoms with Crippen molar-refractivity contribution < 1.29 is 18.7 Å². The Balaban J connectivity index is 1.37. The quantitative estimate of drug-likeness (QED) is 0.505. The fourth-order valence-corrected chi connectivity index (χ4v) is 4.00. The number of halogens is 1. The standard InChI is InChI=1S/C25H27FN4O3/c1-16-14-23(17(2)30(16)21-11-5-18(26)6-12-21)24(31)28-19-7-9-20(10-8-19)29-25(32)27-15-22-4-3-13-33-22/h5-12,14,22H,3-4,13,15H2,1-2H3,(H,28,31)(H2,27,29,32). The van der Waals surface area contributed by atoms with Crippen LogP contribution < -0.4 is 16.0 Å². The predicted molar refractivity (Wildman–Crippen MR) is 126 cm³/mol. The number of nitrogens with zero attached hydrogens (tertiary/aromatic N) is 1. The van der Waals surface area contributed by atoms with Crippen LogP contribution in [-0.4, -0.2) is 35.8 Å². The topological polar surface area (TPSA) is 84.4 Å². The number of nitrogens with one attached hydrogen (secondary N) is 3. The van der Waals surface area contributed by atoms with Crippen molar-refractivity contribution in [3.05, 3.63) is 77.4 Å². The van der Waals surface area contributed by atoms with Crippen LogP contribution in [0.5, 0.6) is 0 Å². The van der Waals surface area contributed by atoms with Crippen molar-refractivity contribution in [1.82, 2.24) is 9.88 Å². The van der Waals surface area contributed by atoms with Gasteiger partial charge in [0, 0.05) is 41.6 Å². The van der Waals surface area contributed by atoms with E-state index in [4.69, 9.17) is 4.74 Å². The van der Waals surface area contributed by atoms with Crippen molar-refractivity contribution in [2.24, 2.45) is 0 Å². The minimum atomic E-state index is -0.308. The third-order valence-corrected chi connectivity index (χ3v) is 5.68. The molecule has 2 aromatic carbocycles. The molecule has 1 aliphatic rings. The van der Waals surface area contributed by atoms with E-state index in [0.29, 0.717) is 23.5 Å². The van der Waals surface area contributed by atoms with E-state index in [1.807, 2.05) is 24.5 Å². The molecule has 0 aliphatic carbocycles. The summed E-state index contributed by atoms with van der Waals surface area (Å²) < 4.78 is 20.7. The number of carbonyl (C=O) groups is 2. The van der Waals surface area contributed by atoms with Crippen LogP contribution >= 0.6 is 0 Å². The lowest BCUT2D eigenvalue weighted by Crippen LogP contribution is -2.35. The minimum Gasteiger partial charge on any atom is -0.376 e. The summed E-state index contributed by atoms with van der Waals surface area (Å²) in [5.41, 5.74) is 4.19. The maximum atomic E-state index is 13.3. The summed E-state index contributed by atoms with van der Waals surface area (Å²) in [5, 5.41) is 8.46. The molecule has 1 aliphatic heterocycles. The Morgan fingerprint density at radius 1 is 1.03 bits per heavy atom. The number of hydrogen-bond donors (Lipinski definition) is 3. The molecule has 33 heavy (non-hydrogen) atoms. The summed E-state index contributed by atoms with van der Waals surface area (Å²) in [6.45, 7) is 4.98. The third-order valence-electron chi connectivity index (χ3n) is 5.68. The Morgan fingerprint density at radius 3 is 2.33 bits per heavy atom. The zero-order valence-electron chi connectivity index (χ0n) is 18.7. The normalized spacial score (nSPS) is 15.3. The van der Waals surface area contributed by atoms with Gasteiger partial charge in [0.15, 0.2) is 0 Å². The highest BCUT2D eigenvalue weighted by atomic mass is 19.1. The van der Waals surface area contributed by atoms with Crippen LogP contribution in [0.15, 0.2) is 54.6 Å². The molecule has 7 nitrogen and oxygen atoms in total. The highest BCUT2D eigenvalue weighted by molar-refractivity contribution is 6.05. The van der Waals surface area contributed by atoms with Crippen LogP contribution in [0.1, 0.15) is 34.6 Å². The van der Waals surface area contributed by atoms with Crippen LogP contribution in [-0.2, 0) is 4.74 Å². The Kier molecular flexibility index (Phi) is 6.74. The first-order chi connectivity index (χ1) is 15.9. The van der Waals surface area contributed by atoms with Gasteiger partial charge >= 0.3 is 6.03 Å². The fraction of sp³-hybridized carbons (Fsp3) is 0.280. The number of carbonyl (C=O) groups excluding carboxylic acids is 2. The molecule has 3 amide bonds. The number of aryl methyl sites for hydroxylation is 1. The van der Waals surface area contributed by atoms with Crippen LogP contribution in [0.25, 0.3) is 5.69 Å².